The highest BCUT2D eigenvalue weighted by Crippen LogP contribution is 2.54. The first kappa shape index (κ1) is 16.9. The van der Waals surface area contributed by atoms with E-state index in [1.807, 2.05) is 13.8 Å². The molecule has 0 heterocycles. The van der Waals surface area contributed by atoms with Crippen molar-refractivity contribution in [2.75, 3.05) is 6.16 Å². The number of nitrogens with two attached hydrogens (primary N) is 1. The predicted molar refractivity (Wildman–Crippen MR) is 78.6 cm³/mol. The molecular formula is C14H22NO4P. The molecule has 0 bridgehead atoms. The summed E-state index contributed by atoms with van der Waals surface area (Å²) in [5.41, 5.74) is 6.39. The van der Waals surface area contributed by atoms with Crippen molar-refractivity contribution in [2.45, 2.75) is 26.1 Å². The SMILES string of the molecule is CC(C)CC(CP(=O)(O)C(N)c1ccccc1)C(=O)O. The lowest BCUT2D eigenvalue weighted by atomic mass is 9.99. The Morgan fingerprint density at radius 1 is 1.30 bits per heavy atom. The van der Waals surface area contributed by atoms with Gasteiger partial charge in [-0.25, -0.2) is 0 Å². The second-order valence-corrected chi connectivity index (χ2v) is 7.89. The molecule has 1 aromatic rings. The molecule has 20 heavy (non-hydrogen) atoms. The van der Waals surface area contributed by atoms with Crippen LogP contribution in [0.4, 0.5) is 0 Å². The number of carboxylic acids is 1. The maximum atomic E-state index is 12.4. The van der Waals surface area contributed by atoms with Crippen LogP contribution in [0.1, 0.15) is 31.6 Å². The van der Waals surface area contributed by atoms with Crippen LogP contribution < -0.4 is 5.73 Å². The number of rotatable bonds is 7. The minimum atomic E-state index is -3.77. The first-order valence-electron chi connectivity index (χ1n) is 6.59. The lowest BCUT2D eigenvalue weighted by Gasteiger charge is -2.23. The van der Waals surface area contributed by atoms with Gasteiger partial charge in [-0.2, -0.15) is 0 Å². The second-order valence-electron chi connectivity index (χ2n) is 5.46. The Labute approximate surface area is 119 Å². The van der Waals surface area contributed by atoms with Gasteiger partial charge in [-0.15, -0.1) is 0 Å². The van der Waals surface area contributed by atoms with Crippen LogP contribution in [-0.2, 0) is 9.36 Å². The van der Waals surface area contributed by atoms with Gasteiger partial charge in [0.25, 0.3) is 0 Å². The quantitative estimate of drug-likeness (QED) is 0.672. The maximum absolute atomic E-state index is 12.4. The predicted octanol–water partition coefficient (Wildman–Crippen LogP) is 2.66. The third kappa shape index (κ3) is 4.75. The lowest BCUT2D eigenvalue weighted by molar-refractivity contribution is -0.141. The summed E-state index contributed by atoms with van der Waals surface area (Å²) in [7, 11) is -3.77. The molecule has 0 aliphatic heterocycles. The molecule has 0 fully saturated rings. The van der Waals surface area contributed by atoms with Crippen LogP contribution in [0.3, 0.4) is 0 Å². The van der Waals surface area contributed by atoms with Crippen molar-refractivity contribution in [3.05, 3.63) is 35.9 Å². The molecule has 0 amide bonds. The van der Waals surface area contributed by atoms with Gasteiger partial charge >= 0.3 is 5.97 Å². The fraction of sp³-hybridized carbons (Fsp3) is 0.500. The Morgan fingerprint density at radius 3 is 2.30 bits per heavy atom. The Morgan fingerprint density at radius 2 is 1.85 bits per heavy atom. The van der Waals surface area contributed by atoms with Crippen LogP contribution in [-0.4, -0.2) is 22.1 Å². The number of hydrogen-bond acceptors (Lipinski definition) is 3. The van der Waals surface area contributed by atoms with Crippen LogP contribution in [0.25, 0.3) is 0 Å². The van der Waals surface area contributed by atoms with Gasteiger partial charge in [0.15, 0.2) is 0 Å². The average Bonchev–Trinajstić information content (AvgIpc) is 2.37. The van der Waals surface area contributed by atoms with E-state index in [1.165, 1.54) is 0 Å². The molecule has 112 valence electrons. The molecule has 0 aliphatic carbocycles. The van der Waals surface area contributed by atoms with E-state index in [0.29, 0.717) is 12.0 Å². The van der Waals surface area contributed by atoms with Gasteiger partial charge in [-0.05, 0) is 17.9 Å². The minimum absolute atomic E-state index is 0.143. The lowest BCUT2D eigenvalue weighted by Crippen LogP contribution is -2.23. The van der Waals surface area contributed by atoms with Gasteiger partial charge in [0.2, 0.25) is 7.37 Å². The molecule has 5 nitrogen and oxygen atoms in total. The van der Waals surface area contributed by atoms with Crippen LogP contribution in [0.5, 0.6) is 0 Å². The van der Waals surface area contributed by atoms with E-state index in [4.69, 9.17) is 10.8 Å². The zero-order chi connectivity index (χ0) is 15.3. The third-order valence-electron chi connectivity index (χ3n) is 3.16. The first-order chi connectivity index (χ1) is 9.24. The van der Waals surface area contributed by atoms with Crippen molar-refractivity contribution in [1.82, 2.24) is 0 Å². The van der Waals surface area contributed by atoms with Gasteiger partial charge in [0, 0.05) is 6.16 Å². The number of aliphatic carboxylic acids is 1. The van der Waals surface area contributed by atoms with E-state index in [0.717, 1.165) is 0 Å². The van der Waals surface area contributed by atoms with Gasteiger partial charge in [0.1, 0.15) is 5.78 Å². The monoisotopic (exact) mass is 299 g/mol. The van der Waals surface area contributed by atoms with Gasteiger partial charge in [-0.3, -0.25) is 9.36 Å². The van der Waals surface area contributed by atoms with Crippen LogP contribution in [0, 0.1) is 11.8 Å². The summed E-state index contributed by atoms with van der Waals surface area (Å²) in [6.45, 7) is 3.77. The van der Waals surface area contributed by atoms with Gasteiger partial charge in [0.05, 0.1) is 5.92 Å². The molecule has 0 aromatic heterocycles. The van der Waals surface area contributed by atoms with Crippen LogP contribution in [0.2, 0.25) is 0 Å². The van der Waals surface area contributed by atoms with Crippen molar-refractivity contribution in [1.29, 1.82) is 0 Å². The van der Waals surface area contributed by atoms with Crippen LogP contribution in [0.15, 0.2) is 30.3 Å². The standard InChI is InChI=1S/C14H22NO4P/c1-10(2)8-12(14(16)17)9-20(18,19)13(15)11-6-4-3-5-7-11/h3-7,10,12-13H,8-9,15H2,1-2H3,(H,16,17)(H,18,19). The third-order valence-corrected chi connectivity index (χ3v) is 5.29. The summed E-state index contributed by atoms with van der Waals surface area (Å²) < 4.78 is 12.4. The van der Waals surface area contributed by atoms with E-state index >= 15 is 0 Å². The van der Waals surface area contributed by atoms with Crippen molar-refractivity contribution in [2.24, 2.45) is 17.6 Å². The fourth-order valence-corrected chi connectivity index (χ4v) is 3.94. The largest absolute Gasteiger partial charge is 0.481 e. The maximum Gasteiger partial charge on any atom is 0.307 e. The summed E-state index contributed by atoms with van der Waals surface area (Å²) >= 11 is 0. The van der Waals surface area contributed by atoms with Crippen molar-refractivity contribution in [3.8, 4) is 0 Å². The number of carbonyl (C=O) groups is 1. The summed E-state index contributed by atoms with van der Waals surface area (Å²) in [5, 5.41) is 9.16. The van der Waals surface area contributed by atoms with E-state index < -0.39 is 25.0 Å². The van der Waals surface area contributed by atoms with Crippen molar-refractivity contribution >= 4 is 13.3 Å². The summed E-state index contributed by atoms with van der Waals surface area (Å²) in [6, 6.07) is 8.60. The molecule has 1 aromatic carbocycles. The summed E-state index contributed by atoms with van der Waals surface area (Å²) in [6.07, 6.45) is 0.0674. The van der Waals surface area contributed by atoms with Crippen molar-refractivity contribution < 1.29 is 19.4 Å². The highest BCUT2D eigenvalue weighted by molar-refractivity contribution is 7.58. The molecule has 3 unspecified atom stereocenters. The molecule has 0 radical (unpaired) electrons. The Kier molecular flexibility index (Phi) is 5.93. The first-order valence-corrected chi connectivity index (χ1v) is 8.50. The second kappa shape index (κ2) is 7.02. The highest BCUT2D eigenvalue weighted by atomic mass is 31.2. The molecule has 1 rings (SSSR count). The van der Waals surface area contributed by atoms with E-state index in [1.54, 1.807) is 30.3 Å². The molecular weight excluding hydrogens is 277 g/mol. The summed E-state index contributed by atoms with van der Waals surface area (Å²) in [4.78, 5) is 21.3. The average molecular weight is 299 g/mol. The minimum Gasteiger partial charge on any atom is -0.481 e. The smallest absolute Gasteiger partial charge is 0.307 e. The Bertz CT molecular complexity index is 489. The molecule has 6 heteroatoms. The van der Waals surface area contributed by atoms with E-state index in [9.17, 15) is 14.3 Å². The number of hydrogen-bond donors (Lipinski definition) is 3. The van der Waals surface area contributed by atoms with Crippen LogP contribution >= 0.6 is 7.37 Å². The van der Waals surface area contributed by atoms with Gasteiger partial charge < -0.3 is 15.7 Å². The number of carboxylic acid groups (broad SMARTS) is 1. The molecule has 3 atom stereocenters. The topological polar surface area (TPSA) is 101 Å². The summed E-state index contributed by atoms with van der Waals surface area (Å²) in [5.74, 6) is -2.80. The molecule has 0 saturated heterocycles. The highest BCUT2D eigenvalue weighted by Gasteiger charge is 2.35. The number of benzene rings is 1. The molecule has 0 saturated carbocycles. The fourth-order valence-electron chi connectivity index (χ4n) is 2.13. The molecule has 0 spiro atoms. The molecule has 0 aliphatic rings. The zero-order valence-corrected chi connectivity index (χ0v) is 12.7. The van der Waals surface area contributed by atoms with Crippen molar-refractivity contribution in [3.63, 3.8) is 0 Å². The Hall–Kier alpha value is -1.16. The van der Waals surface area contributed by atoms with E-state index in [-0.39, 0.29) is 12.1 Å². The van der Waals surface area contributed by atoms with Gasteiger partial charge in [-0.1, -0.05) is 44.2 Å². The molecule has 4 N–H and O–H groups in total. The Balaban J connectivity index is 2.87. The van der Waals surface area contributed by atoms with E-state index in [2.05, 4.69) is 0 Å². The zero-order valence-electron chi connectivity index (χ0n) is 11.8. The normalized spacial score (nSPS) is 17.4.